The van der Waals surface area contributed by atoms with Gasteiger partial charge in [-0.1, -0.05) is 38.1 Å². The van der Waals surface area contributed by atoms with Crippen LogP contribution >= 0.6 is 0 Å². The summed E-state index contributed by atoms with van der Waals surface area (Å²) in [7, 11) is 0. The Kier molecular flexibility index (Phi) is 5.16. The number of ketones is 1. The van der Waals surface area contributed by atoms with Crippen molar-refractivity contribution < 1.29 is 4.79 Å². The third-order valence-corrected chi connectivity index (χ3v) is 6.84. The summed E-state index contributed by atoms with van der Waals surface area (Å²) in [4.78, 5) is 24.9. The van der Waals surface area contributed by atoms with Gasteiger partial charge in [0.1, 0.15) is 11.6 Å². The molecule has 3 heterocycles. The van der Waals surface area contributed by atoms with E-state index in [9.17, 15) is 4.79 Å². The smallest absolute Gasteiger partial charge is 0.229 e. The lowest BCUT2D eigenvalue weighted by Crippen LogP contribution is -2.33. The number of aromatic nitrogens is 2. The maximum absolute atomic E-state index is 13.0. The Morgan fingerprint density at radius 3 is 2.48 bits per heavy atom. The van der Waals surface area contributed by atoms with Crippen molar-refractivity contribution in [1.29, 1.82) is 0 Å². The van der Waals surface area contributed by atoms with Gasteiger partial charge in [0.05, 0.1) is 0 Å². The van der Waals surface area contributed by atoms with Crippen molar-refractivity contribution in [3.8, 4) is 0 Å². The average Bonchev–Trinajstić information content (AvgIpc) is 2.78. The molecule has 162 valence electrons. The van der Waals surface area contributed by atoms with Crippen molar-refractivity contribution in [1.82, 2.24) is 9.97 Å². The zero-order chi connectivity index (χ0) is 21.5. The first-order valence-corrected chi connectivity index (χ1v) is 11.6. The average molecular weight is 418 g/mol. The minimum absolute atomic E-state index is 0.205. The van der Waals surface area contributed by atoms with E-state index >= 15 is 0 Å². The predicted octanol–water partition coefficient (Wildman–Crippen LogP) is 4.74. The number of nitrogens with two attached hydrogens (primary N) is 1. The van der Waals surface area contributed by atoms with E-state index in [1.165, 1.54) is 12.0 Å². The van der Waals surface area contributed by atoms with Gasteiger partial charge in [0.25, 0.3) is 0 Å². The number of Topliss-reactive ketones (excluding diaryl/α,β-unsaturated/α-hetero) is 1. The normalized spacial score (nSPS) is 21.1. The number of hydrogen-bond donors (Lipinski definition) is 2. The van der Waals surface area contributed by atoms with Crippen molar-refractivity contribution in [3.05, 3.63) is 52.2 Å². The van der Waals surface area contributed by atoms with Gasteiger partial charge in [0.15, 0.2) is 5.78 Å². The second kappa shape index (κ2) is 7.98. The van der Waals surface area contributed by atoms with E-state index in [0.717, 1.165) is 67.0 Å². The molecule has 1 aliphatic carbocycles. The Morgan fingerprint density at radius 2 is 1.77 bits per heavy atom. The number of hydrogen-bond acceptors (Lipinski definition) is 6. The van der Waals surface area contributed by atoms with Gasteiger partial charge in [-0.25, -0.2) is 0 Å². The number of nitrogens with one attached hydrogen (secondary N) is 1. The number of nitrogen functional groups attached to an aromatic ring is 1. The quantitative estimate of drug-likeness (QED) is 0.751. The summed E-state index contributed by atoms with van der Waals surface area (Å²) < 4.78 is 0. The van der Waals surface area contributed by atoms with Crippen molar-refractivity contribution in [2.45, 2.75) is 64.2 Å². The number of fused-ring (bicyclic) bond motifs is 1. The fourth-order valence-electron chi connectivity index (χ4n) is 5.11. The number of benzene rings is 1. The highest BCUT2D eigenvalue weighted by atomic mass is 16.1. The zero-order valence-electron chi connectivity index (χ0n) is 18.4. The second-order valence-electron chi connectivity index (χ2n) is 9.27. The van der Waals surface area contributed by atoms with E-state index in [0.29, 0.717) is 24.1 Å². The summed E-state index contributed by atoms with van der Waals surface area (Å²) in [6.07, 6.45) is 5.89. The first-order chi connectivity index (χ1) is 15.0. The van der Waals surface area contributed by atoms with Gasteiger partial charge in [-0.15, -0.1) is 0 Å². The molecular formula is C25H31N5O. The topological polar surface area (TPSA) is 84.1 Å². The molecule has 1 saturated heterocycles. The molecular weight excluding hydrogens is 386 g/mol. The van der Waals surface area contributed by atoms with Crippen LogP contribution in [0.25, 0.3) is 0 Å². The lowest BCUT2D eigenvalue weighted by molar-refractivity contribution is -0.116. The van der Waals surface area contributed by atoms with Crippen LogP contribution in [0.15, 0.2) is 35.5 Å². The highest BCUT2D eigenvalue weighted by Gasteiger charge is 2.38. The van der Waals surface area contributed by atoms with Crippen LogP contribution < -0.4 is 16.0 Å². The molecule has 0 radical (unpaired) electrons. The predicted molar refractivity (Wildman–Crippen MR) is 124 cm³/mol. The SMILES string of the molecule is CC(C)c1ccc([C@@H]2C3=C(CCCC3=O)Nc3nc(N4CCCCC4)nc(N)c32)cc1. The van der Waals surface area contributed by atoms with Gasteiger partial charge in [-0.2, -0.15) is 9.97 Å². The van der Waals surface area contributed by atoms with E-state index < -0.39 is 0 Å². The third-order valence-electron chi connectivity index (χ3n) is 6.84. The van der Waals surface area contributed by atoms with Gasteiger partial charge in [-0.05, 0) is 49.1 Å². The maximum atomic E-state index is 13.0. The molecule has 0 spiro atoms. The summed E-state index contributed by atoms with van der Waals surface area (Å²) in [5, 5.41) is 3.48. The number of piperidine rings is 1. The zero-order valence-corrected chi connectivity index (χ0v) is 18.4. The van der Waals surface area contributed by atoms with Crippen molar-refractivity contribution in [2.24, 2.45) is 0 Å². The molecule has 0 saturated carbocycles. The van der Waals surface area contributed by atoms with Crippen LogP contribution in [0, 0.1) is 0 Å². The highest BCUT2D eigenvalue weighted by Crippen LogP contribution is 2.47. The summed E-state index contributed by atoms with van der Waals surface area (Å²) >= 11 is 0. The second-order valence-corrected chi connectivity index (χ2v) is 9.27. The third kappa shape index (κ3) is 3.58. The van der Waals surface area contributed by atoms with Crippen molar-refractivity contribution >= 4 is 23.4 Å². The first-order valence-electron chi connectivity index (χ1n) is 11.6. The summed E-state index contributed by atoms with van der Waals surface area (Å²) in [5.74, 6) is 2.39. The molecule has 1 aromatic carbocycles. The monoisotopic (exact) mass is 417 g/mol. The molecule has 0 bridgehead atoms. The fourth-order valence-corrected chi connectivity index (χ4v) is 5.11. The standard InChI is InChI=1S/C25H31N5O/c1-15(2)16-9-11-17(12-10-16)20-21-18(7-6-8-19(21)31)27-24-22(20)23(26)28-25(29-24)30-13-4-3-5-14-30/h9-12,15,20H,3-8,13-14H2,1-2H3,(H3,26,27,28,29)/t20-/m1/s1. The van der Waals surface area contributed by atoms with Gasteiger partial charge < -0.3 is 16.0 Å². The minimum atomic E-state index is -0.212. The molecule has 5 rings (SSSR count). The van der Waals surface area contributed by atoms with Gasteiger partial charge in [0.2, 0.25) is 5.95 Å². The molecule has 2 aromatic rings. The van der Waals surface area contributed by atoms with Crippen molar-refractivity contribution in [3.63, 3.8) is 0 Å². The highest BCUT2D eigenvalue weighted by molar-refractivity contribution is 6.01. The van der Waals surface area contributed by atoms with Gasteiger partial charge in [-0.3, -0.25) is 4.79 Å². The van der Waals surface area contributed by atoms with E-state index in [-0.39, 0.29) is 11.7 Å². The number of carbonyl (C=O) groups excluding carboxylic acids is 1. The van der Waals surface area contributed by atoms with Crippen LogP contribution in [-0.2, 0) is 4.79 Å². The molecule has 1 fully saturated rings. The van der Waals surface area contributed by atoms with Crippen LogP contribution in [0.3, 0.4) is 0 Å². The molecule has 31 heavy (non-hydrogen) atoms. The van der Waals surface area contributed by atoms with E-state index in [1.807, 2.05) is 0 Å². The molecule has 6 heteroatoms. The molecule has 1 aromatic heterocycles. The molecule has 2 aliphatic heterocycles. The van der Waals surface area contributed by atoms with Crippen molar-refractivity contribution in [2.75, 3.05) is 29.0 Å². The van der Waals surface area contributed by atoms with Crippen LogP contribution in [0.1, 0.15) is 80.9 Å². The maximum Gasteiger partial charge on any atom is 0.229 e. The Hall–Kier alpha value is -2.89. The van der Waals surface area contributed by atoms with E-state index in [4.69, 9.17) is 15.7 Å². The Morgan fingerprint density at radius 1 is 1.03 bits per heavy atom. The number of allylic oxidation sites excluding steroid dienone is 2. The summed E-state index contributed by atoms with van der Waals surface area (Å²) in [5.41, 5.74) is 11.6. The molecule has 6 nitrogen and oxygen atoms in total. The lowest BCUT2D eigenvalue weighted by Gasteiger charge is -2.35. The summed E-state index contributed by atoms with van der Waals surface area (Å²) in [6, 6.07) is 8.60. The van der Waals surface area contributed by atoms with Crippen LogP contribution in [0.5, 0.6) is 0 Å². The Balaban J connectivity index is 1.63. The number of carbonyl (C=O) groups is 1. The number of nitrogens with zero attached hydrogens (tertiary/aromatic N) is 3. The molecule has 0 amide bonds. The fraction of sp³-hybridized carbons (Fsp3) is 0.480. The van der Waals surface area contributed by atoms with Crippen LogP contribution in [0.4, 0.5) is 17.6 Å². The van der Waals surface area contributed by atoms with Crippen LogP contribution in [0.2, 0.25) is 0 Å². The molecule has 0 unspecified atom stereocenters. The number of rotatable bonds is 3. The number of anilines is 3. The minimum Gasteiger partial charge on any atom is -0.383 e. The lowest BCUT2D eigenvalue weighted by atomic mass is 9.76. The van der Waals surface area contributed by atoms with E-state index in [1.54, 1.807) is 0 Å². The van der Waals surface area contributed by atoms with Gasteiger partial charge in [0, 0.05) is 42.3 Å². The Labute approximate surface area is 184 Å². The van der Waals surface area contributed by atoms with E-state index in [2.05, 4.69) is 48.3 Å². The molecule has 3 aliphatic rings. The summed E-state index contributed by atoms with van der Waals surface area (Å²) in [6.45, 7) is 6.30. The largest absolute Gasteiger partial charge is 0.383 e. The molecule has 3 N–H and O–H groups in total. The Bertz CT molecular complexity index is 1030. The first kappa shape index (κ1) is 20.0. The van der Waals surface area contributed by atoms with Crippen LogP contribution in [-0.4, -0.2) is 28.8 Å². The molecule has 1 atom stereocenters. The van der Waals surface area contributed by atoms with Gasteiger partial charge >= 0.3 is 0 Å².